The highest BCUT2D eigenvalue weighted by molar-refractivity contribution is 7.88. The second-order valence-corrected chi connectivity index (χ2v) is 9.65. The van der Waals surface area contributed by atoms with Crippen molar-refractivity contribution in [1.82, 2.24) is 10.3 Å². The fraction of sp³-hybridized carbons (Fsp3) is 0.174. The quantitative estimate of drug-likeness (QED) is 0.422. The van der Waals surface area contributed by atoms with Crippen molar-refractivity contribution in [2.24, 2.45) is 5.73 Å². The van der Waals surface area contributed by atoms with Gasteiger partial charge in [0.25, 0.3) is 0 Å². The zero-order chi connectivity index (χ0) is 24.3. The Morgan fingerprint density at radius 2 is 1.82 bits per heavy atom. The molecule has 3 heterocycles. The lowest BCUT2D eigenvalue weighted by atomic mass is 9.73. The Balaban J connectivity index is 1.65. The van der Waals surface area contributed by atoms with E-state index in [0.717, 1.165) is 22.8 Å². The third-order valence-corrected chi connectivity index (χ3v) is 6.80. The first kappa shape index (κ1) is 22.1. The first-order valence-corrected chi connectivity index (χ1v) is 11.5. The lowest BCUT2D eigenvalue weighted by Gasteiger charge is -2.35. The monoisotopic (exact) mass is 489 g/mol. The van der Waals surface area contributed by atoms with Gasteiger partial charge in [-0.15, -0.1) is 0 Å². The largest absolute Gasteiger partial charge is 0.534 e. The molecule has 0 amide bonds. The van der Waals surface area contributed by atoms with Gasteiger partial charge in [0.2, 0.25) is 5.88 Å². The summed E-state index contributed by atoms with van der Waals surface area (Å²) < 4.78 is 71.9. The van der Waals surface area contributed by atoms with Crippen molar-refractivity contribution in [3.05, 3.63) is 83.3 Å². The molecular formula is C23H18F3N3O4S. The van der Waals surface area contributed by atoms with Gasteiger partial charge in [-0.3, -0.25) is 0 Å². The summed E-state index contributed by atoms with van der Waals surface area (Å²) in [4.78, 5) is 4.48. The van der Waals surface area contributed by atoms with E-state index >= 15 is 0 Å². The van der Waals surface area contributed by atoms with Gasteiger partial charge in [-0.2, -0.15) is 21.6 Å². The van der Waals surface area contributed by atoms with Crippen LogP contribution in [0.3, 0.4) is 0 Å². The molecule has 2 aromatic carbocycles. The molecule has 176 valence electrons. The normalized spacial score (nSPS) is 19.0. The number of rotatable bonds is 3. The Labute approximate surface area is 193 Å². The van der Waals surface area contributed by atoms with Crippen molar-refractivity contribution in [3.8, 4) is 28.5 Å². The first-order chi connectivity index (χ1) is 16.0. The molecule has 5 rings (SSSR count). The Hall–Kier alpha value is -3.73. The molecule has 2 aliphatic heterocycles. The van der Waals surface area contributed by atoms with Crippen LogP contribution in [0, 0.1) is 6.92 Å². The van der Waals surface area contributed by atoms with Crippen molar-refractivity contribution in [1.29, 1.82) is 0 Å². The van der Waals surface area contributed by atoms with Gasteiger partial charge in [-0.25, -0.2) is 4.98 Å². The van der Waals surface area contributed by atoms with E-state index in [0.29, 0.717) is 28.6 Å². The van der Waals surface area contributed by atoms with Gasteiger partial charge in [0, 0.05) is 29.4 Å². The van der Waals surface area contributed by atoms with Crippen LogP contribution in [0.1, 0.15) is 16.7 Å². The maximum Gasteiger partial charge on any atom is 0.534 e. The van der Waals surface area contributed by atoms with Gasteiger partial charge in [-0.05, 0) is 42.8 Å². The second-order valence-electron chi connectivity index (χ2n) is 8.11. The van der Waals surface area contributed by atoms with Crippen LogP contribution in [-0.2, 0) is 15.5 Å². The lowest BCUT2D eigenvalue weighted by Crippen LogP contribution is -2.35. The molecule has 0 unspecified atom stereocenters. The summed E-state index contributed by atoms with van der Waals surface area (Å²) in [7, 11) is -5.84. The third-order valence-electron chi connectivity index (χ3n) is 5.82. The van der Waals surface area contributed by atoms with Gasteiger partial charge >= 0.3 is 15.6 Å². The molecule has 0 aliphatic carbocycles. The number of fused-ring (bicyclic) bond motifs is 4. The summed E-state index contributed by atoms with van der Waals surface area (Å²) in [6.07, 6.45) is 3.39. The minimum Gasteiger partial charge on any atom is -0.438 e. The SMILES string of the molecule is Cc1ccc(-c2cnc3c(c2)[C@]2(C=C(N)NC2)c2cc(OS(=O)(=O)C(F)(F)F)ccc2O3)cc1. The maximum atomic E-state index is 12.8. The van der Waals surface area contributed by atoms with Crippen LogP contribution in [0.15, 0.2) is 66.6 Å². The van der Waals surface area contributed by atoms with Crippen LogP contribution in [0.25, 0.3) is 11.1 Å². The number of nitrogens with two attached hydrogens (primary N) is 1. The van der Waals surface area contributed by atoms with Crippen molar-refractivity contribution in [2.75, 3.05) is 6.54 Å². The van der Waals surface area contributed by atoms with Crippen LogP contribution in [0.5, 0.6) is 17.4 Å². The molecule has 2 aliphatic rings. The Morgan fingerprint density at radius 3 is 2.47 bits per heavy atom. The van der Waals surface area contributed by atoms with E-state index in [2.05, 4.69) is 14.5 Å². The summed E-state index contributed by atoms with van der Waals surface area (Å²) in [6, 6.07) is 13.4. The van der Waals surface area contributed by atoms with E-state index in [1.54, 1.807) is 12.3 Å². The number of nitrogens with one attached hydrogen (secondary N) is 1. The van der Waals surface area contributed by atoms with Crippen LogP contribution in [0.4, 0.5) is 13.2 Å². The summed E-state index contributed by atoms with van der Waals surface area (Å²) in [5.41, 5.74) is 3.34. The Morgan fingerprint density at radius 1 is 1.09 bits per heavy atom. The number of ether oxygens (including phenoxy) is 1. The summed E-state index contributed by atoms with van der Waals surface area (Å²) in [5, 5.41) is 3.04. The zero-order valence-electron chi connectivity index (χ0n) is 17.7. The number of pyridine rings is 1. The van der Waals surface area contributed by atoms with Crippen molar-refractivity contribution >= 4 is 10.1 Å². The molecule has 1 aromatic heterocycles. The predicted octanol–water partition coefficient (Wildman–Crippen LogP) is 4.08. The third kappa shape index (κ3) is 3.52. The molecule has 3 N–H and O–H groups in total. The predicted molar refractivity (Wildman–Crippen MR) is 118 cm³/mol. The minimum atomic E-state index is -5.84. The number of hydrogen-bond acceptors (Lipinski definition) is 7. The van der Waals surface area contributed by atoms with E-state index in [1.807, 2.05) is 37.3 Å². The standard InChI is InChI=1S/C23H18F3N3O4S/c1-13-2-4-14(5-3-13)15-8-18-21(28-11-15)32-19-7-6-16(33-34(30,31)23(24,25)26)9-17(19)22(18)10-20(27)29-12-22/h2-11,29H,12,27H2,1H3/t22-/m0/s1. The summed E-state index contributed by atoms with van der Waals surface area (Å²) >= 11 is 0. The van der Waals surface area contributed by atoms with Gasteiger partial charge in [0.05, 0.1) is 11.2 Å². The van der Waals surface area contributed by atoms with E-state index in [-0.39, 0.29) is 6.54 Å². The fourth-order valence-corrected chi connectivity index (χ4v) is 4.59. The van der Waals surface area contributed by atoms with Gasteiger partial charge < -0.3 is 20.0 Å². The molecule has 11 heteroatoms. The average molecular weight is 489 g/mol. The Bertz CT molecular complexity index is 1440. The van der Waals surface area contributed by atoms with E-state index in [4.69, 9.17) is 10.5 Å². The first-order valence-electron chi connectivity index (χ1n) is 10.1. The maximum absolute atomic E-state index is 12.8. The van der Waals surface area contributed by atoms with Crippen LogP contribution < -0.4 is 20.0 Å². The minimum absolute atomic E-state index is 0.261. The highest BCUT2D eigenvalue weighted by atomic mass is 32.2. The highest BCUT2D eigenvalue weighted by Gasteiger charge is 2.49. The zero-order valence-corrected chi connectivity index (χ0v) is 18.5. The van der Waals surface area contributed by atoms with Crippen LogP contribution >= 0.6 is 0 Å². The summed E-state index contributed by atoms with van der Waals surface area (Å²) in [5.74, 6) is 0.470. The Kier molecular flexibility index (Phi) is 4.80. The number of hydrogen-bond donors (Lipinski definition) is 2. The molecule has 0 bridgehead atoms. The topological polar surface area (TPSA) is 104 Å². The summed E-state index contributed by atoms with van der Waals surface area (Å²) in [6.45, 7) is 2.24. The fourth-order valence-electron chi connectivity index (χ4n) is 4.13. The molecular weight excluding hydrogens is 471 g/mol. The second kappa shape index (κ2) is 7.39. The van der Waals surface area contributed by atoms with Crippen molar-refractivity contribution in [3.63, 3.8) is 0 Å². The molecule has 0 saturated heterocycles. The van der Waals surface area contributed by atoms with Gasteiger partial charge in [0.1, 0.15) is 11.5 Å². The van der Waals surface area contributed by atoms with Crippen LogP contribution in [0.2, 0.25) is 0 Å². The smallest absolute Gasteiger partial charge is 0.438 e. The van der Waals surface area contributed by atoms with E-state index < -0.39 is 26.8 Å². The van der Waals surface area contributed by atoms with E-state index in [9.17, 15) is 21.6 Å². The average Bonchev–Trinajstić information content (AvgIpc) is 3.16. The molecule has 7 nitrogen and oxygen atoms in total. The number of halogens is 3. The van der Waals surface area contributed by atoms with Gasteiger partial charge in [-0.1, -0.05) is 29.8 Å². The number of aromatic nitrogens is 1. The molecule has 34 heavy (non-hydrogen) atoms. The molecule has 0 saturated carbocycles. The number of nitrogens with zero attached hydrogens (tertiary/aromatic N) is 1. The van der Waals surface area contributed by atoms with Crippen LogP contribution in [-0.4, -0.2) is 25.5 Å². The highest BCUT2D eigenvalue weighted by Crippen LogP contribution is 2.51. The molecule has 0 fully saturated rings. The number of benzene rings is 2. The van der Waals surface area contributed by atoms with Crippen molar-refractivity contribution < 1.29 is 30.5 Å². The molecule has 1 atom stereocenters. The number of alkyl halides is 3. The molecule has 3 aromatic rings. The lowest BCUT2D eigenvalue weighted by molar-refractivity contribution is -0.0500. The van der Waals surface area contributed by atoms with E-state index in [1.165, 1.54) is 12.1 Å². The number of aryl methyl sites for hydroxylation is 1. The molecule has 1 spiro atoms. The van der Waals surface area contributed by atoms with Gasteiger partial charge in [0.15, 0.2) is 0 Å². The molecule has 0 radical (unpaired) electrons. The van der Waals surface area contributed by atoms with Crippen molar-refractivity contribution in [2.45, 2.75) is 17.8 Å².